The standard InChI is InChI=1S/C8H6BrFN4/c9-6-2-1-5(3-7(6)10)14-12-4-8(11)13-14/h1-4H,(H2,11,13). The highest BCUT2D eigenvalue weighted by molar-refractivity contribution is 9.10. The topological polar surface area (TPSA) is 56.7 Å². The fourth-order valence-electron chi connectivity index (χ4n) is 1.01. The monoisotopic (exact) mass is 256 g/mol. The minimum atomic E-state index is -0.363. The quantitative estimate of drug-likeness (QED) is 0.846. The SMILES string of the molecule is Nc1cnn(-c2ccc(Br)c(F)c2)n1. The molecular formula is C8H6BrFN4. The highest BCUT2D eigenvalue weighted by Gasteiger charge is 2.04. The van der Waals surface area contributed by atoms with E-state index in [2.05, 4.69) is 26.1 Å². The molecule has 0 saturated heterocycles. The predicted molar refractivity (Wildman–Crippen MR) is 53.4 cm³/mol. The average molecular weight is 257 g/mol. The van der Waals surface area contributed by atoms with E-state index < -0.39 is 0 Å². The van der Waals surface area contributed by atoms with Crippen molar-refractivity contribution in [3.63, 3.8) is 0 Å². The largest absolute Gasteiger partial charge is 0.381 e. The highest BCUT2D eigenvalue weighted by Crippen LogP contribution is 2.17. The molecule has 2 rings (SSSR count). The van der Waals surface area contributed by atoms with Crippen LogP contribution < -0.4 is 5.73 Å². The van der Waals surface area contributed by atoms with Gasteiger partial charge in [-0.15, -0.1) is 9.90 Å². The van der Waals surface area contributed by atoms with Gasteiger partial charge in [0.25, 0.3) is 0 Å². The Morgan fingerprint density at radius 3 is 2.79 bits per heavy atom. The fraction of sp³-hybridized carbons (Fsp3) is 0. The number of nitrogen functional groups attached to an aromatic ring is 1. The van der Waals surface area contributed by atoms with Crippen LogP contribution in [0.5, 0.6) is 0 Å². The minimum Gasteiger partial charge on any atom is -0.381 e. The van der Waals surface area contributed by atoms with Crippen LogP contribution in [0.3, 0.4) is 0 Å². The van der Waals surface area contributed by atoms with Gasteiger partial charge in [0.2, 0.25) is 0 Å². The van der Waals surface area contributed by atoms with E-state index in [4.69, 9.17) is 5.73 Å². The molecule has 0 aliphatic heterocycles. The van der Waals surface area contributed by atoms with Crippen molar-refractivity contribution in [2.75, 3.05) is 5.73 Å². The lowest BCUT2D eigenvalue weighted by molar-refractivity contribution is 0.616. The van der Waals surface area contributed by atoms with Crippen molar-refractivity contribution in [3.8, 4) is 5.69 Å². The molecule has 1 heterocycles. The van der Waals surface area contributed by atoms with Gasteiger partial charge in [-0.05, 0) is 28.1 Å². The van der Waals surface area contributed by atoms with Gasteiger partial charge in [-0.2, -0.15) is 5.10 Å². The second-order valence-electron chi connectivity index (χ2n) is 2.66. The summed E-state index contributed by atoms with van der Waals surface area (Å²) in [5, 5.41) is 7.71. The Kier molecular flexibility index (Phi) is 2.20. The summed E-state index contributed by atoms with van der Waals surface area (Å²) in [6, 6.07) is 4.60. The first-order valence-electron chi connectivity index (χ1n) is 3.80. The van der Waals surface area contributed by atoms with Gasteiger partial charge in [-0.1, -0.05) is 0 Å². The molecule has 0 atom stereocenters. The van der Waals surface area contributed by atoms with Crippen molar-refractivity contribution in [2.24, 2.45) is 0 Å². The lowest BCUT2D eigenvalue weighted by atomic mass is 10.3. The van der Waals surface area contributed by atoms with Crippen LogP contribution in [-0.4, -0.2) is 15.0 Å². The Balaban J connectivity index is 2.47. The van der Waals surface area contributed by atoms with Gasteiger partial charge in [0.1, 0.15) is 5.82 Å². The summed E-state index contributed by atoms with van der Waals surface area (Å²) in [6.45, 7) is 0. The Labute approximate surface area is 87.7 Å². The molecular weight excluding hydrogens is 251 g/mol. The molecule has 0 aliphatic rings. The zero-order chi connectivity index (χ0) is 10.1. The number of hydrogen-bond donors (Lipinski definition) is 1. The molecule has 0 amide bonds. The molecule has 72 valence electrons. The maximum Gasteiger partial charge on any atom is 0.166 e. The van der Waals surface area contributed by atoms with Crippen LogP contribution in [0, 0.1) is 5.82 Å². The third kappa shape index (κ3) is 1.60. The van der Waals surface area contributed by atoms with E-state index in [1.54, 1.807) is 12.1 Å². The summed E-state index contributed by atoms with van der Waals surface area (Å²) in [7, 11) is 0. The summed E-state index contributed by atoms with van der Waals surface area (Å²) in [5.41, 5.74) is 5.92. The van der Waals surface area contributed by atoms with Gasteiger partial charge in [0.15, 0.2) is 5.82 Å². The third-order valence-electron chi connectivity index (χ3n) is 1.64. The van der Waals surface area contributed by atoms with Crippen LogP contribution >= 0.6 is 15.9 Å². The average Bonchev–Trinajstić information content (AvgIpc) is 2.57. The number of aromatic nitrogens is 3. The zero-order valence-electron chi connectivity index (χ0n) is 6.98. The van der Waals surface area contributed by atoms with Crippen LogP contribution in [-0.2, 0) is 0 Å². The minimum absolute atomic E-state index is 0.299. The molecule has 1 aromatic carbocycles. The van der Waals surface area contributed by atoms with Gasteiger partial charge >= 0.3 is 0 Å². The molecule has 0 unspecified atom stereocenters. The van der Waals surface area contributed by atoms with Gasteiger partial charge in [0, 0.05) is 6.07 Å². The van der Waals surface area contributed by atoms with E-state index in [0.717, 1.165) is 0 Å². The van der Waals surface area contributed by atoms with Crippen molar-refractivity contribution >= 4 is 21.7 Å². The molecule has 0 saturated carbocycles. The maximum atomic E-state index is 13.1. The maximum absolute atomic E-state index is 13.1. The van der Waals surface area contributed by atoms with E-state index >= 15 is 0 Å². The molecule has 14 heavy (non-hydrogen) atoms. The zero-order valence-corrected chi connectivity index (χ0v) is 8.57. The Morgan fingerprint density at radius 2 is 2.21 bits per heavy atom. The number of benzene rings is 1. The second kappa shape index (κ2) is 3.38. The van der Waals surface area contributed by atoms with Crippen LogP contribution in [0.25, 0.3) is 5.69 Å². The molecule has 0 spiro atoms. The first-order chi connectivity index (χ1) is 6.66. The normalized spacial score (nSPS) is 10.4. The van der Waals surface area contributed by atoms with E-state index in [1.807, 2.05) is 0 Å². The Hall–Kier alpha value is -1.43. The number of anilines is 1. The van der Waals surface area contributed by atoms with Crippen molar-refractivity contribution in [3.05, 3.63) is 34.7 Å². The molecule has 1 aromatic heterocycles. The van der Waals surface area contributed by atoms with Crippen molar-refractivity contribution in [1.82, 2.24) is 15.0 Å². The van der Waals surface area contributed by atoms with E-state index in [9.17, 15) is 4.39 Å². The predicted octanol–water partition coefficient (Wildman–Crippen LogP) is 1.75. The third-order valence-corrected chi connectivity index (χ3v) is 2.29. The van der Waals surface area contributed by atoms with Crippen molar-refractivity contribution in [2.45, 2.75) is 0 Å². The fourth-order valence-corrected chi connectivity index (χ4v) is 1.26. The van der Waals surface area contributed by atoms with Crippen molar-refractivity contribution in [1.29, 1.82) is 0 Å². The molecule has 2 N–H and O–H groups in total. The first kappa shape index (κ1) is 9.14. The molecule has 0 radical (unpaired) electrons. The molecule has 0 aliphatic carbocycles. The lowest BCUT2D eigenvalue weighted by Crippen LogP contribution is -1.99. The first-order valence-corrected chi connectivity index (χ1v) is 4.59. The molecule has 6 heteroatoms. The smallest absolute Gasteiger partial charge is 0.166 e. The summed E-state index contributed by atoms with van der Waals surface area (Å²) in [6.07, 6.45) is 1.40. The molecule has 0 bridgehead atoms. The summed E-state index contributed by atoms with van der Waals surface area (Å²) >= 11 is 3.06. The van der Waals surface area contributed by atoms with Crippen LogP contribution in [0.1, 0.15) is 0 Å². The number of rotatable bonds is 1. The van der Waals surface area contributed by atoms with Gasteiger partial charge in [0.05, 0.1) is 16.4 Å². The number of nitrogens with two attached hydrogens (primary N) is 1. The number of hydrogen-bond acceptors (Lipinski definition) is 3. The van der Waals surface area contributed by atoms with Crippen molar-refractivity contribution < 1.29 is 4.39 Å². The van der Waals surface area contributed by atoms with Crippen LogP contribution in [0.15, 0.2) is 28.9 Å². The number of halogens is 2. The summed E-state index contributed by atoms with van der Waals surface area (Å²) < 4.78 is 13.5. The summed E-state index contributed by atoms with van der Waals surface area (Å²) in [4.78, 5) is 1.27. The molecule has 0 fully saturated rings. The Morgan fingerprint density at radius 1 is 1.43 bits per heavy atom. The van der Waals surface area contributed by atoms with Crippen LogP contribution in [0.2, 0.25) is 0 Å². The highest BCUT2D eigenvalue weighted by atomic mass is 79.9. The Bertz CT molecular complexity index is 468. The number of nitrogens with zero attached hydrogens (tertiary/aromatic N) is 3. The van der Waals surface area contributed by atoms with Gasteiger partial charge in [-0.25, -0.2) is 4.39 Å². The van der Waals surface area contributed by atoms with Crippen LogP contribution in [0.4, 0.5) is 10.2 Å². The molecule has 4 nitrogen and oxygen atoms in total. The van der Waals surface area contributed by atoms with E-state index in [-0.39, 0.29) is 5.82 Å². The molecule has 2 aromatic rings. The van der Waals surface area contributed by atoms with E-state index in [0.29, 0.717) is 16.0 Å². The second-order valence-corrected chi connectivity index (χ2v) is 3.51. The lowest BCUT2D eigenvalue weighted by Gasteiger charge is -2.00. The van der Waals surface area contributed by atoms with Gasteiger partial charge in [-0.3, -0.25) is 0 Å². The van der Waals surface area contributed by atoms with Gasteiger partial charge < -0.3 is 5.73 Å². The van der Waals surface area contributed by atoms with E-state index in [1.165, 1.54) is 17.1 Å². The summed E-state index contributed by atoms with van der Waals surface area (Å²) in [5.74, 6) is -0.0632.